The predicted molar refractivity (Wildman–Crippen MR) is 61.6 cm³/mol. The second kappa shape index (κ2) is 5.27. The van der Waals surface area contributed by atoms with Crippen LogP contribution in [0.4, 0.5) is 0 Å². The van der Waals surface area contributed by atoms with Crippen LogP contribution in [-0.4, -0.2) is 26.8 Å². The highest BCUT2D eigenvalue weighted by atomic mass is 16.5. The Morgan fingerprint density at radius 2 is 2.24 bits per heavy atom. The molecule has 0 bridgehead atoms. The Hall–Kier alpha value is -1.43. The molecule has 96 valence electrons. The molecule has 0 aliphatic rings. The summed E-state index contributed by atoms with van der Waals surface area (Å²) in [5, 5.41) is 15.8. The first-order chi connectivity index (χ1) is 7.89. The van der Waals surface area contributed by atoms with Crippen LogP contribution in [0.2, 0.25) is 0 Å². The van der Waals surface area contributed by atoms with Crippen molar-refractivity contribution in [2.24, 2.45) is 0 Å². The zero-order valence-corrected chi connectivity index (χ0v) is 10.6. The summed E-state index contributed by atoms with van der Waals surface area (Å²) < 4.78 is 5.04. The van der Waals surface area contributed by atoms with Gasteiger partial charge in [-0.3, -0.25) is 10.1 Å². The molecule has 1 rings (SSSR count). The van der Waals surface area contributed by atoms with Crippen LogP contribution in [0.15, 0.2) is 4.52 Å². The molecule has 1 heterocycles. The molecule has 17 heavy (non-hydrogen) atoms. The Kier molecular flexibility index (Phi) is 4.22. The second-order valence-corrected chi connectivity index (χ2v) is 4.55. The molecule has 0 aliphatic heterocycles. The number of carboxylic acid groups (broad SMARTS) is 1. The van der Waals surface area contributed by atoms with Gasteiger partial charge < -0.3 is 9.63 Å². The maximum atomic E-state index is 11.1. The van der Waals surface area contributed by atoms with E-state index in [1.165, 1.54) is 0 Å². The van der Waals surface area contributed by atoms with E-state index in [0.29, 0.717) is 18.1 Å². The fourth-order valence-corrected chi connectivity index (χ4v) is 1.20. The van der Waals surface area contributed by atoms with Gasteiger partial charge >= 0.3 is 5.97 Å². The van der Waals surface area contributed by atoms with Gasteiger partial charge in [-0.15, -0.1) is 0 Å². The summed E-state index contributed by atoms with van der Waals surface area (Å²) in [6.07, 6.45) is 0.483. The van der Waals surface area contributed by atoms with Gasteiger partial charge in [-0.1, -0.05) is 25.9 Å². The molecule has 1 aromatic rings. The van der Waals surface area contributed by atoms with Crippen LogP contribution >= 0.6 is 0 Å². The SMILES string of the molecule is CCC(C)(NCc1noc(C(C)C)n1)C(=O)O. The van der Waals surface area contributed by atoms with Crippen molar-refractivity contribution in [3.8, 4) is 0 Å². The zero-order chi connectivity index (χ0) is 13.1. The van der Waals surface area contributed by atoms with Crippen molar-refractivity contribution >= 4 is 5.97 Å². The maximum absolute atomic E-state index is 11.1. The van der Waals surface area contributed by atoms with Crippen LogP contribution < -0.4 is 5.32 Å². The molecule has 1 aromatic heterocycles. The third-order valence-electron chi connectivity index (χ3n) is 2.79. The molecule has 0 spiro atoms. The minimum absolute atomic E-state index is 0.174. The van der Waals surface area contributed by atoms with Gasteiger partial charge in [0.1, 0.15) is 5.54 Å². The molecule has 1 atom stereocenters. The van der Waals surface area contributed by atoms with Crippen molar-refractivity contribution in [2.45, 2.75) is 52.1 Å². The lowest BCUT2D eigenvalue weighted by Gasteiger charge is -2.23. The van der Waals surface area contributed by atoms with E-state index in [-0.39, 0.29) is 12.5 Å². The quantitative estimate of drug-likeness (QED) is 0.785. The van der Waals surface area contributed by atoms with Crippen LogP contribution in [0.1, 0.15) is 51.7 Å². The van der Waals surface area contributed by atoms with E-state index in [2.05, 4.69) is 15.5 Å². The van der Waals surface area contributed by atoms with Crippen LogP contribution in [0.3, 0.4) is 0 Å². The number of hydrogen-bond donors (Lipinski definition) is 2. The van der Waals surface area contributed by atoms with E-state index in [1.54, 1.807) is 6.92 Å². The van der Waals surface area contributed by atoms with E-state index >= 15 is 0 Å². The lowest BCUT2D eigenvalue weighted by atomic mass is 9.99. The van der Waals surface area contributed by atoms with Crippen LogP contribution in [0.25, 0.3) is 0 Å². The van der Waals surface area contributed by atoms with Crippen molar-refractivity contribution in [1.29, 1.82) is 0 Å². The lowest BCUT2D eigenvalue weighted by Crippen LogP contribution is -2.48. The number of nitrogens with one attached hydrogen (secondary N) is 1. The van der Waals surface area contributed by atoms with E-state index in [4.69, 9.17) is 9.63 Å². The summed E-state index contributed by atoms with van der Waals surface area (Å²) in [4.78, 5) is 15.2. The van der Waals surface area contributed by atoms with Gasteiger partial charge in [0, 0.05) is 5.92 Å². The van der Waals surface area contributed by atoms with Crippen molar-refractivity contribution in [2.75, 3.05) is 0 Å². The number of aromatic nitrogens is 2. The van der Waals surface area contributed by atoms with Crippen LogP contribution in [-0.2, 0) is 11.3 Å². The predicted octanol–water partition coefficient (Wildman–Crippen LogP) is 1.54. The highest BCUT2D eigenvalue weighted by Crippen LogP contribution is 2.13. The Bertz CT molecular complexity index is 389. The molecule has 0 aliphatic carbocycles. The van der Waals surface area contributed by atoms with Crippen molar-refractivity contribution in [3.05, 3.63) is 11.7 Å². The van der Waals surface area contributed by atoms with E-state index in [0.717, 1.165) is 0 Å². The van der Waals surface area contributed by atoms with Gasteiger partial charge in [0.25, 0.3) is 0 Å². The molecule has 6 nitrogen and oxygen atoms in total. The highest BCUT2D eigenvalue weighted by Gasteiger charge is 2.30. The van der Waals surface area contributed by atoms with Gasteiger partial charge in [0.2, 0.25) is 5.89 Å². The first kappa shape index (κ1) is 13.6. The molecule has 2 N–H and O–H groups in total. The fraction of sp³-hybridized carbons (Fsp3) is 0.727. The average molecular weight is 241 g/mol. The largest absolute Gasteiger partial charge is 0.480 e. The van der Waals surface area contributed by atoms with Crippen LogP contribution in [0.5, 0.6) is 0 Å². The third-order valence-corrected chi connectivity index (χ3v) is 2.79. The molecule has 0 saturated heterocycles. The second-order valence-electron chi connectivity index (χ2n) is 4.55. The van der Waals surface area contributed by atoms with Crippen LogP contribution in [0, 0.1) is 0 Å². The van der Waals surface area contributed by atoms with Crippen molar-refractivity contribution < 1.29 is 14.4 Å². The number of carbonyl (C=O) groups is 1. The Morgan fingerprint density at radius 1 is 1.59 bits per heavy atom. The third kappa shape index (κ3) is 3.26. The molecule has 6 heteroatoms. The molecule has 0 fully saturated rings. The van der Waals surface area contributed by atoms with Gasteiger partial charge in [-0.25, -0.2) is 0 Å². The molecular weight excluding hydrogens is 222 g/mol. The topological polar surface area (TPSA) is 88.3 Å². The zero-order valence-electron chi connectivity index (χ0n) is 10.6. The Morgan fingerprint density at radius 3 is 2.65 bits per heavy atom. The van der Waals surface area contributed by atoms with Gasteiger partial charge in [0.15, 0.2) is 5.82 Å². The van der Waals surface area contributed by atoms with Crippen molar-refractivity contribution in [3.63, 3.8) is 0 Å². The fourth-order valence-electron chi connectivity index (χ4n) is 1.20. The Labute approximate surface area is 100 Å². The normalized spacial score (nSPS) is 14.9. The number of carboxylic acids is 1. The monoisotopic (exact) mass is 241 g/mol. The summed E-state index contributed by atoms with van der Waals surface area (Å²) in [5.74, 6) is 0.339. The van der Waals surface area contributed by atoms with Crippen molar-refractivity contribution in [1.82, 2.24) is 15.5 Å². The number of aliphatic carboxylic acids is 1. The average Bonchev–Trinajstić information content (AvgIpc) is 2.74. The first-order valence-electron chi connectivity index (χ1n) is 5.70. The van der Waals surface area contributed by atoms with E-state index < -0.39 is 11.5 Å². The number of rotatable bonds is 6. The summed E-state index contributed by atoms with van der Waals surface area (Å²) in [5.41, 5.74) is -0.960. The molecule has 0 radical (unpaired) electrons. The van der Waals surface area contributed by atoms with Gasteiger partial charge in [-0.05, 0) is 13.3 Å². The number of nitrogens with zero attached hydrogens (tertiary/aromatic N) is 2. The van der Waals surface area contributed by atoms with E-state index in [9.17, 15) is 4.79 Å². The standard InChI is InChI=1S/C11H19N3O3/c1-5-11(4,10(15)16)12-6-8-13-9(7(2)3)17-14-8/h7,12H,5-6H2,1-4H3,(H,15,16). The molecular formula is C11H19N3O3. The minimum atomic E-state index is -0.960. The Balaban J connectivity index is 2.63. The highest BCUT2D eigenvalue weighted by molar-refractivity contribution is 5.78. The summed E-state index contributed by atoms with van der Waals surface area (Å²) in [7, 11) is 0. The van der Waals surface area contributed by atoms with Gasteiger partial charge in [0.05, 0.1) is 6.54 Å². The smallest absolute Gasteiger partial charge is 0.323 e. The molecule has 0 amide bonds. The molecule has 0 aromatic carbocycles. The summed E-state index contributed by atoms with van der Waals surface area (Å²) in [6, 6.07) is 0. The number of hydrogen-bond acceptors (Lipinski definition) is 5. The summed E-state index contributed by atoms with van der Waals surface area (Å²) in [6.45, 7) is 7.65. The first-order valence-corrected chi connectivity index (χ1v) is 5.70. The maximum Gasteiger partial charge on any atom is 0.323 e. The summed E-state index contributed by atoms with van der Waals surface area (Å²) >= 11 is 0. The molecule has 1 unspecified atom stereocenters. The van der Waals surface area contributed by atoms with E-state index in [1.807, 2.05) is 20.8 Å². The molecule has 0 saturated carbocycles. The van der Waals surface area contributed by atoms with Gasteiger partial charge in [-0.2, -0.15) is 4.98 Å². The minimum Gasteiger partial charge on any atom is -0.480 e. The lowest BCUT2D eigenvalue weighted by molar-refractivity contribution is -0.144.